The van der Waals surface area contributed by atoms with Crippen molar-refractivity contribution in [2.75, 3.05) is 13.1 Å². The fraction of sp³-hybridized carbons (Fsp3) is 0.579. The van der Waals surface area contributed by atoms with Gasteiger partial charge in [-0.1, -0.05) is 12.1 Å². The average Bonchev–Trinajstić information content (AvgIpc) is 3.37. The first kappa shape index (κ1) is 15.6. The number of carbonyl (C=O) groups excluding carboxylic acids is 2. The quantitative estimate of drug-likeness (QED) is 0.921. The van der Waals surface area contributed by atoms with E-state index < -0.39 is 0 Å². The van der Waals surface area contributed by atoms with Gasteiger partial charge in [0.05, 0.1) is 18.1 Å². The summed E-state index contributed by atoms with van der Waals surface area (Å²) < 4.78 is 5.75. The van der Waals surface area contributed by atoms with Crippen molar-refractivity contribution in [2.24, 2.45) is 5.92 Å². The third-order valence-electron chi connectivity index (χ3n) is 5.50. The lowest BCUT2D eigenvalue weighted by Crippen LogP contribution is -2.35. The third-order valence-corrected chi connectivity index (χ3v) is 5.50. The minimum atomic E-state index is 0.0137. The fourth-order valence-corrected chi connectivity index (χ4v) is 4.10. The summed E-state index contributed by atoms with van der Waals surface area (Å²) in [7, 11) is 0. The van der Waals surface area contributed by atoms with Crippen molar-refractivity contribution in [2.45, 2.75) is 50.9 Å². The minimum Gasteiger partial charge on any atom is -0.374 e. The van der Waals surface area contributed by atoms with Crippen LogP contribution in [0.4, 0.5) is 0 Å². The molecule has 0 saturated carbocycles. The first-order valence-electron chi connectivity index (χ1n) is 9.02. The molecule has 0 aromatic heterocycles. The van der Waals surface area contributed by atoms with Crippen LogP contribution >= 0.6 is 0 Å². The van der Waals surface area contributed by atoms with Crippen molar-refractivity contribution in [3.05, 3.63) is 35.4 Å². The highest BCUT2D eigenvalue weighted by atomic mass is 16.5. The van der Waals surface area contributed by atoms with Crippen molar-refractivity contribution in [3.63, 3.8) is 0 Å². The van der Waals surface area contributed by atoms with Gasteiger partial charge in [-0.2, -0.15) is 0 Å². The van der Waals surface area contributed by atoms with Crippen LogP contribution in [0.5, 0.6) is 0 Å². The van der Waals surface area contributed by atoms with Crippen LogP contribution in [0.15, 0.2) is 24.3 Å². The number of amides is 2. The standard InChI is InChI=1S/C19H24N2O3/c22-18(16-11-15-7-8-17(16)24-15)20-12-13-3-5-14(6-4-13)19(23)21-9-1-2-10-21/h3-6,15-17H,1-2,7-12H2,(H,20,22)/t15-,16+,17-/m1/s1. The van der Waals surface area contributed by atoms with E-state index in [0.717, 1.165) is 56.3 Å². The van der Waals surface area contributed by atoms with Crippen molar-refractivity contribution in [1.82, 2.24) is 10.2 Å². The van der Waals surface area contributed by atoms with Gasteiger partial charge >= 0.3 is 0 Å². The molecule has 1 N–H and O–H groups in total. The zero-order chi connectivity index (χ0) is 16.5. The second-order valence-corrected chi connectivity index (χ2v) is 7.13. The summed E-state index contributed by atoms with van der Waals surface area (Å²) in [6.07, 6.45) is 5.58. The van der Waals surface area contributed by atoms with E-state index in [2.05, 4.69) is 5.32 Å². The molecule has 1 aromatic carbocycles. The molecule has 3 aliphatic rings. The molecule has 2 amide bonds. The highest BCUT2D eigenvalue weighted by molar-refractivity contribution is 5.94. The van der Waals surface area contributed by atoms with E-state index >= 15 is 0 Å². The maximum Gasteiger partial charge on any atom is 0.253 e. The molecule has 0 radical (unpaired) electrons. The molecule has 0 spiro atoms. The third kappa shape index (κ3) is 3.05. The molecule has 24 heavy (non-hydrogen) atoms. The molecule has 3 fully saturated rings. The molecule has 5 heteroatoms. The Bertz CT molecular complexity index is 622. The van der Waals surface area contributed by atoms with Crippen LogP contribution in [0.2, 0.25) is 0 Å². The molecular formula is C19H24N2O3. The molecule has 1 aromatic rings. The summed E-state index contributed by atoms with van der Waals surface area (Å²) in [5.41, 5.74) is 1.75. The largest absolute Gasteiger partial charge is 0.374 e. The lowest BCUT2D eigenvalue weighted by Gasteiger charge is -2.18. The van der Waals surface area contributed by atoms with E-state index in [4.69, 9.17) is 4.74 Å². The molecule has 5 nitrogen and oxygen atoms in total. The van der Waals surface area contributed by atoms with Crippen LogP contribution in [0.3, 0.4) is 0 Å². The number of nitrogens with one attached hydrogen (secondary N) is 1. The maximum atomic E-state index is 12.3. The summed E-state index contributed by atoms with van der Waals surface area (Å²) in [4.78, 5) is 26.5. The second-order valence-electron chi connectivity index (χ2n) is 7.13. The van der Waals surface area contributed by atoms with E-state index in [0.29, 0.717) is 12.6 Å². The Labute approximate surface area is 142 Å². The van der Waals surface area contributed by atoms with Gasteiger partial charge in [0.15, 0.2) is 0 Å². The Morgan fingerprint density at radius 3 is 2.50 bits per heavy atom. The van der Waals surface area contributed by atoms with Gasteiger partial charge in [-0.25, -0.2) is 0 Å². The summed E-state index contributed by atoms with van der Waals surface area (Å²) in [5.74, 6) is 0.224. The van der Waals surface area contributed by atoms with Crippen LogP contribution in [0.25, 0.3) is 0 Å². The van der Waals surface area contributed by atoms with Crippen molar-refractivity contribution in [3.8, 4) is 0 Å². The number of ether oxygens (including phenoxy) is 1. The summed E-state index contributed by atoms with van der Waals surface area (Å²) in [6, 6.07) is 7.59. The van der Waals surface area contributed by atoms with Gasteiger partial charge in [0, 0.05) is 25.2 Å². The lowest BCUT2D eigenvalue weighted by molar-refractivity contribution is -0.126. The molecule has 3 aliphatic heterocycles. The van der Waals surface area contributed by atoms with Gasteiger partial charge in [0.25, 0.3) is 5.91 Å². The Hall–Kier alpha value is -1.88. The van der Waals surface area contributed by atoms with Crippen LogP contribution in [-0.4, -0.2) is 42.0 Å². The number of benzene rings is 1. The number of hydrogen-bond acceptors (Lipinski definition) is 3. The number of likely N-dealkylation sites (tertiary alicyclic amines) is 1. The summed E-state index contributed by atoms with van der Waals surface area (Å²) >= 11 is 0. The van der Waals surface area contributed by atoms with E-state index in [1.54, 1.807) is 0 Å². The molecule has 128 valence electrons. The molecule has 3 saturated heterocycles. The predicted octanol–water partition coefficient (Wildman–Crippen LogP) is 2.11. The molecule has 4 rings (SSSR count). The lowest BCUT2D eigenvalue weighted by atomic mass is 9.88. The van der Waals surface area contributed by atoms with Gasteiger partial charge in [0.1, 0.15) is 0 Å². The summed E-state index contributed by atoms with van der Waals surface area (Å²) in [5, 5.41) is 3.02. The summed E-state index contributed by atoms with van der Waals surface area (Å²) in [6.45, 7) is 2.23. The van der Waals surface area contributed by atoms with Gasteiger partial charge < -0.3 is 15.0 Å². The van der Waals surface area contributed by atoms with E-state index in [-0.39, 0.29) is 23.8 Å². The SMILES string of the molecule is O=C(NCc1ccc(C(=O)N2CCCC2)cc1)[C@H]1C[C@H]2CC[C@H]1O2. The van der Waals surface area contributed by atoms with Crippen LogP contribution in [-0.2, 0) is 16.1 Å². The highest BCUT2D eigenvalue weighted by Gasteiger charge is 2.44. The number of nitrogens with zero attached hydrogens (tertiary/aromatic N) is 1. The van der Waals surface area contributed by atoms with Crippen molar-refractivity contribution >= 4 is 11.8 Å². The van der Waals surface area contributed by atoms with Crippen LogP contribution < -0.4 is 5.32 Å². The zero-order valence-corrected chi connectivity index (χ0v) is 13.9. The Kier molecular flexibility index (Phi) is 4.27. The highest BCUT2D eigenvalue weighted by Crippen LogP contribution is 2.38. The Morgan fingerprint density at radius 2 is 1.88 bits per heavy atom. The number of fused-ring (bicyclic) bond motifs is 2. The smallest absolute Gasteiger partial charge is 0.253 e. The molecular weight excluding hydrogens is 304 g/mol. The first-order valence-corrected chi connectivity index (χ1v) is 9.02. The van der Waals surface area contributed by atoms with Gasteiger partial charge in [-0.05, 0) is 49.8 Å². The topological polar surface area (TPSA) is 58.6 Å². The predicted molar refractivity (Wildman–Crippen MR) is 89.4 cm³/mol. The number of rotatable bonds is 4. The van der Waals surface area contributed by atoms with Crippen LogP contribution in [0.1, 0.15) is 48.0 Å². The molecule has 3 heterocycles. The Morgan fingerprint density at radius 1 is 1.12 bits per heavy atom. The molecule has 0 aliphatic carbocycles. The second kappa shape index (κ2) is 6.55. The van der Waals surface area contributed by atoms with E-state index in [1.807, 2.05) is 29.2 Å². The van der Waals surface area contributed by atoms with Gasteiger partial charge in [-0.3, -0.25) is 9.59 Å². The van der Waals surface area contributed by atoms with E-state index in [9.17, 15) is 9.59 Å². The maximum absolute atomic E-state index is 12.3. The number of hydrogen-bond donors (Lipinski definition) is 1. The van der Waals surface area contributed by atoms with Crippen molar-refractivity contribution in [1.29, 1.82) is 0 Å². The molecule has 3 atom stereocenters. The average molecular weight is 328 g/mol. The Balaban J connectivity index is 1.30. The molecule has 0 unspecified atom stereocenters. The van der Waals surface area contributed by atoms with Gasteiger partial charge in [-0.15, -0.1) is 0 Å². The first-order chi connectivity index (χ1) is 11.7. The monoisotopic (exact) mass is 328 g/mol. The van der Waals surface area contributed by atoms with Crippen LogP contribution in [0, 0.1) is 5.92 Å². The normalized spacial score (nSPS) is 28.3. The number of carbonyl (C=O) groups is 2. The van der Waals surface area contributed by atoms with Gasteiger partial charge in [0.2, 0.25) is 5.91 Å². The molecule has 2 bridgehead atoms. The zero-order valence-electron chi connectivity index (χ0n) is 13.9. The van der Waals surface area contributed by atoms with Crippen molar-refractivity contribution < 1.29 is 14.3 Å². The van der Waals surface area contributed by atoms with E-state index in [1.165, 1.54) is 0 Å². The minimum absolute atomic E-state index is 0.0137. The fourth-order valence-electron chi connectivity index (χ4n) is 4.10.